The van der Waals surface area contributed by atoms with Crippen molar-refractivity contribution in [2.24, 2.45) is 0 Å². The maximum atomic E-state index is 14.1. The number of urea groups is 1. The van der Waals surface area contributed by atoms with Gasteiger partial charge in [0.05, 0.1) is 16.7 Å². The number of aryl methyl sites for hydroxylation is 2. The fourth-order valence-electron chi connectivity index (χ4n) is 7.84. The fourth-order valence-corrected chi connectivity index (χ4v) is 8.88. The van der Waals surface area contributed by atoms with Crippen LogP contribution in [0.4, 0.5) is 4.79 Å². The average molecular weight is 647 g/mol. The van der Waals surface area contributed by atoms with Crippen LogP contribution in [0.1, 0.15) is 53.9 Å². The predicted octanol–water partition coefficient (Wildman–Crippen LogP) is 2.95. The van der Waals surface area contributed by atoms with Crippen molar-refractivity contribution in [3.8, 4) is 0 Å². The highest BCUT2D eigenvalue weighted by Crippen LogP contribution is 2.32. The van der Waals surface area contributed by atoms with Crippen LogP contribution in [-0.4, -0.2) is 124 Å². The number of hydrogen-bond donors (Lipinski definition) is 3. The minimum atomic E-state index is -0.666. The molecular formula is C34H46N8O3S. The standard InChI is InChI=1S/C34H46N8O3S/c1-22-17-23(18-26-21-35-38-30(22)26)19-29(33(44)41-14-12-40(13-15-41)27-5-8-39(2)9-6-27)36-34(45)42-10-3-24(4-11-42)28-20-25-7-16-46-32(25)37-31(28)43/h17-18,20-21,24,27,29H,3-16,19H2,1-2H3,(H,35,38)(H,36,45)(H,37,43)/t29-/m1/s1. The Bertz CT molecular complexity index is 1630. The summed E-state index contributed by atoms with van der Waals surface area (Å²) in [7, 11) is 2.18. The van der Waals surface area contributed by atoms with Gasteiger partial charge in [0.25, 0.3) is 5.56 Å². The molecule has 0 saturated carbocycles. The molecule has 246 valence electrons. The summed E-state index contributed by atoms with van der Waals surface area (Å²) in [6.45, 7) is 8.49. The summed E-state index contributed by atoms with van der Waals surface area (Å²) in [5.41, 5.74) is 5.14. The van der Waals surface area contributed by atoms with Gasteiger partial charge in [-0.2, -0.15) is 5.10 Å². The van der Waals surface area contributed by atoms with Gasteiger partial charge >= 0.3 is 6.03 Å². The molecular weight excluding hydrogens is 600 g/mol. The number of amides is 3. The molecule has 0 bridgehead atoms. The molecule has 3 aromatic rings. The number of thioether (sulfide) groups is 1. The number of nitrogens with one attached hydrogen (secondary N) is 3. The first-order valence-corrected chi connectivity index (χ1v) is 17.9. The van der Waals surface area contributed by atoms with Gasteiger partial charge in [-0.25, -0.2) is 4.79 Å². The van der Waals surface area contributed by atoms with E-state index in [9.17, 15) is 14.4 Å². The van der Waals surface area contributed by atoms with Gasteiger partial charge < -0.3 is 25.0 Å². The number of likely N-dealkylation sites (tertiary alicyclic amines) is 2. The lowest BCUT2D eigenvalue weighted by molar-refractivity contribution is -0.135. The topological polar surface area (TPSA) is 121 Å². The van der Waals surface area contributed by atoms with E-state index in [-0.39, 0.29) is 23.4 Å². The van der Waals surface area contributed by atoms with Gasteiger partial charge in [0, 0.05) is 68.4 Å². The molecule has 1 aromatic carbocycles. The van der Waals surface area contributed by atoms with Crippen LogP contribution in [0.2, 0.25) is 0 Å². The number of rotatable bonds is 6. The van der Waals surface area contributed by atoms with E-state index in [0.717, 1.165) is 83.8 Å². The van der Waals surface area contributed by atoms with Crippen LogP contribution in [0.5, 0.6) is 0 Å². The van der Waals surface area contributed by atoms with Crippen molar-refractivity contribution in [3.63, 3.8) is 0 Å². The van der Waals surface area contributed by atoms with Gasteiger partial charge in [-0.1, -0.05) is 6.07 Å². The number of piperazine rings is 1. The SMILES string of the molecule is Cc1cc(C[C@@H](NC(=O)N2CCC(c3cc4c([nH]c3=O)SCC4)CC2)C(=O)N2CCN(C3CCN(C)CC3)CC2)cc2cn[nH]c12. The van der Waals surface area contributed by atoms with Gasteiger partial charge in [0.2, 0.25) is 5.91 Å². The van der Waals surface area contributed by atoms with Crippen LogP contribution in [0, 0.1) is 6.92 Å². The largest absolute Gasteiger partial charge is 0.338 e. The zero-order valence-corrected chi connectivity index (χ0v) is 27.8. The van der Waals surface area contributed by atoms with E-state index in [1.807, 2.05) is 16.7 Å². The summed E-state index contributed by atoms with van der Waals surface area (Å²) in [6, 6.07) is 5.96. The van der Waals surface area contributed by atoms with E-state index in [0.29, 0.717) is 38.6 Å². The number of piperidine rings is 2. The van der Waals surface area contributed by atoms with E-state index in [2.05, 4.69) is 55.5 Å². The van der Waals surface area contributed by atoms with Gasteiger partial charge in [-0.15, -0.1) is 11.8 Å². The molecule has 6 heterocycles. The summed E-state index contributed by atoms with van der Waals surface area (Å²) in [5.74, 6) is 1.13. The normalized spacial score (nSPS) is 21.1. The molecule has 7 rings (SSSR count). The third-order valence-electron chi connectivity index (χ3n) is 10.6. The van der Waals surface area contributed by atoms with Crippen molar-refractivity contribution in [1.29, 1.82) is 0 Å². The Labute approximate surface area is 274 Å². The first kappa shape index (κ1) is 31.3. The van der Waals surface area contributed by atoms with Gasteiger partial charge in [-0.3, -0.25) is 19.6 Å². The second-order valence-corrected chi connectivity index (χ2v) is 14.7. The highest BCUT2D eigenvalue weighted by atomic mass is 32.2. The average Bonchev–Trinajstić information content (AvgIpc) is 3.74. The number of aromatic amines is 2. The van der Waals surface area contributed by atoms with E-state index >= 15 is 0 Å². The van der Waals surface area contributed by atoms with Crippen molar-refractivity contribution in [2.45, 2.75) is 68.5 Å². The van der Waals surface area contributed by atoms with E-state index < -0.39 is 6.04 Å². The van der Waals surface area contributed by atoms with Gasteiger partial charge in [-0.05, 0) is 93.9 Å². The number of hydrogen-bond acceptors (Lipinski definition) is 7. The predicted molar refractivity (Wildman–Crippen MR) is 181 cm³/mol. The lowest BCUT2D eigenvalue weighted by Gasteiger charge is -2.43. The number of pyridine rings is 1. The molecule has 0 spiro atoms. The molecule has 12 heteroatoms. The zero-order valence-electron chi connectivity index (χ0n) is 27.0. The van der Waals surface area contributed by atoms with Crippen molar-refractivity contribution < 1.29 is 9.59 Å². The third kappa shape index (κ3) is 6.57. The van der Waals surface area contributed by atoms with Crippen molar-refractivity contribution >= 4 is 34.6 Å². The van der Waals surface area contributed by atoms with Crippen LogP contribution < -0.4 is 10.9 Å². The lowest BCUT2D eigenvalue weighted by Crippen LogP contribution is -2.59. The van der Waals surface area contributed by atoms with Crippen LogP contribution in [0.25, 0.3) is 10.9 Å². The fraction of sp³-hybridized carbons (Fsp3) is 0.588. The van der Waals surface area contributed by atoms with Crippen LogP contribution in [0.15, 0.2) is 34.2 Å². The Balaban J connectivity index is 1.02. The summed E-state index contributed by atoms with van der Waals surface area (Å²) in [5, 5.41) is 12.4. The molecule has 0 aliphatic carbocycles. The number of aromatic nitrogens is 3. The Morgan fingerprint density at radius 1 is 1.00 bits per heavy atom. The second kappa shape index (κ2) is 13.4. The van der Waals surface area contributed by atoms with Crippen LogP contribution >= 0.6 is 11.8 Å². The Hall–Kier alpha value is -3.35. The monoisotopic (exact) mass is 646 g/mol. The zero-order chi connectivity index (χ0) is 31.8. The first-order valence-electron chi connectivity index (χ1n) is 16.9. The van der Waals surface area contributed by atoms with Crippen molar-refractivity contribution in [3.05, 3.63) is 57.0 Å². The Morgan fingerprint density at radius 3 is 2.52 bits per heavy atom. The first-order chi connectivity index (χ1) is 22.3. The summed E-state index contributed by atoms with van der Waals surface area (Å²) >= 11 is 1.71. The van der Waals surface area contributed by atoms with Gasteiger partial charge in [0.1, 0.15) is 6.04 Å². The summed E-state index contributed by atoms with van der Waals surface area (Å²) < 4.78 is 0. The molecule has 1 atom stereocenters. The highest BCUT2D eigenvalue weighted by molar-refractivity contribution is 7.99. The maximum Gasteiger partial charge on any atom is 0.318 e. The number of H-pyrrole nitrogens is 2. The molecule has 2 aromatic heterocycles. The number of fused-ring (bicyclic) bond motifs is 2. The van der Waals surface area contributed by atoms with Crippen LogP contribution in [-0.2, 0) is 17.6 Å². The Kier molecular flexibility index (Phi) is 9.11. The molecule has 4 aliphatic heterocycles. The number of nitrogens with zero attached hydrogens (tertiary/aromatic N) is 5. The summed E-state index contributed by atoms with van der Waals surface area (Å²) in [6.07, 6.45) is 7.03. The molecule has 3 saturated heterocycles. The van der Waals surface area contributed by atoms with E-state index in [4.69, 9.17) is 0 Å². The van der Waals surface area contributed by atoms with Crippen LogP contribution in [0.3, 0.4) is 0 Å². The van der Waals surface area contributed by atoms with Crippen molar-refractivity contribution in [2.75, 3.05) is 65.2 Å². The second-order valence-electron chi connectivity index (χ2n) is 13.6. The quantitative estimate of drug-likeness (QED) is 0.377. The number of carbonyl (C=O) groups excluding carboxylic acids is 2. The Morgan fingerprint density at radius 2 is 1.76 bits per heavy atom. The molecule has 3 amide bonds. The van der Waals surface area contributed by atoms with Gasteiger partial charge in [0.15, 0.2) is 0 Å². The minimum absolute atomic E-state index is 0.00233. The van der Waals surface area contributed by atoms with Crippen molar-refractivity contribution in [1.82, 2.24) is 40.1 Å². The highest BCUT2D eigenvalue weighted by Gasteiger charge is 2.34. The molecule has 4 aliphatic rings. The summed E-state index contributed by atoms with van der Waals surface area (Å²) in [4.78, 5) is 52.5. The molecule has 46 heavy (non-hydrogen) atoms. The maximum absolute atomic E-state index is 14.1. The molecule has 3 N–H and O–H groups in total. The smallest absolute Gasteiger partial charge is 0.318 e. The number of benzene rings is 1. The van der Waals surface area contributed by atoms with E-state index in [1.165, 1.54) is 18.4 Å². The molecule has 0 unspecified atom stereocenters. The molecule has 3 fully saturated rings. The molecule has 0 radical (unpaired) electrons. The minimum Gasteiger partial charge on any atom is -0.338 e. The van der Waals surface area contributed by atoms with E-state index in [1.54, 1.807) is 18.0 Å². The molecule has 11 nitrogen and oxygen atoms in total. The number of carbonyl (C=O) groups is 2. The third-order valence-corrected chi connectivity index (χ3v) is 11.7. The lowest BCUT2D eigenvalue weighted by atomic mass is 9.89.